The molecule has 23 heavy (non-hydrogen) atoms. The zero-order chi connectivity index (χ0) is 15.8. The standard InChI is InChI=1S/C18H20N4S/c1-12-20-17(22(2)11-9-13-6-3-4-10-19-13)16-14-7-5-8-15(14)23-18(16)21-12/h3-4,6,10H,5,7-9,11H2,1-2H3. The van der Waals surface area contributed by atoms with Gasteiger partial charge in [-0.05, 0) is 43.9 Å². The highest BCUT2D eigenvalue weighted by atomic mass is 32.1. The fraction of sp³-hybridized carbons (Fsp3) is 0.389. The largest absolute Gasteiger partial charge is 0.359 e. The van der Waals surface area contributed by atoms with E-state index in [1.54, 1.807) is 0 Å². The Labute approximate surface area is 140 Å². The van der Waals surface area contributed by atoms with Gasteiger partial charge in [0.15, 0.2) is 0 Å². The first-order valence-corrected chi connectivity index (χ1v) is 8.94. The molecule has 5 heteroatoms. The lowest BCUT2D eigenvalue weighted by Crippen LogP contribution is -2.22. The van der Waals surface area contributed by atoms with Gasteiger partial charge >= 0.3 is 0 Å². The summed E-state index contributed by atoms with van der Waals surface area (Å²) in [5.41, 5.74) is 2.61. The predicted molar refractivity (Wildman–Crippen MR) is 95.4 cm³/mol. The first-order valence-electron chi connectivity index (χ1n) is 8.12. The van der Waals surface area contributed by atoms with Crippen LogP contribution in [0.1, 0.15) is 28.4 Å². The van der Waals surface area contributed by atoms with E-state index in [2.05, 4.69) is 28.0 Å². The van der Waals surface area contributed by atoms with Crippen molar-refractivity contribution in [1.82, 2.24) is 15.0 Å². The van der Waals surface area contributed by atoms with Crippen LogP contribution in [0.5, 0.6) is 0 Å². The van der Waals surface area contributed by atoms with Crippen LogP contribution in [0, 0.1) is 6.92 Å². The zero-order valence-electron chi connectivity index (χ0n) is 13.5. The van der Waals surface area contributed by atoms with Crippen LogP contribution in [0.25, 0.3) is 10.2 Å². The third-order valence-corrected chi connectivity index (χ3v) is 5.63. The quantitative estimate of drug-likeness (QED) is 0.736. The van der Waals surface area contributed by atoms with E-state index in [4.69, 9.17) is 4.98 Å². The molecule has 0 atom stereocenters. The lowest BCUT2D eigenvalue weighted by atomic mass is 10.1. The molecule has 4 rings (SSSR count). The minimum absolute atomic E-state index is 0.858. The number of hydrogen-bond donors (Lipinski definition) is 0. The zero-order valence-corrected chi connectivity index (χ0v) is 14.4. The van der Waals surface area contributed by atoms with Crippen molar-refractivity contribution in [2.75, 3.05) is 18.5 Å². The Bertz CT molecular complexity index is 841. The number of rotatable bonds is 4. The number of aryl methyl sites for hydroxylation is 3. The lowest BCUT2D eigenvalue weighted by Gasteiger charge is -2.19. The van der Waals surface area contributed by atoms with Crippen LogP contribution in [0.15, 0.2) is 24.4 Å². The molecule has 118 valence electrons. The second-order valence-corrected chi connectivity index (χ2v) is 7.21. The summed E-state index contributed by atoms with van der Waals surface area (Å²) in [6.45, 7) is 2.90. The third kappa shape index (κ3) is 2.70. The smallest absolute Gasteiger partial charge is 0.141 e. The highest BCUT2D eigenvalue weighted by Crippen LogP contribution is 2.40. The number of thiophene rings is 1. The van der Waals surface area contributed by atoms with Crippen molar-refractivity contribution >= 4 is 27.4 Å². The Morgan fingerprint density at radius 2 is 2.13 bits per heavy atom. The normalized spacial score (nSPS) is 13.5. The van der Waals surface area contributed by atoms with Gasteiger partial charge < -0.3 is 4.90 Å². The van der Waals surface area contributed by atoms with Gasteiger partial charge in [0.1, 0.15) is 16.5 Å². The Kier molecular flexibility index (Phi) is 3.73. The Morgan fingerprint density at radius 1 is 1.22 bits per heavy atom. The molecule has 0 saturated heterocycles. The predicted octanol–water partition coefficient (Wildman–Crippen LogP) is 3.56. The molecule has 0 aliphatic heterocycles. The fourth-order valence-corrected chi connectivity index (χ4v) is 4.59. The summed E-state index contributed by atoms with van der Waals surface area (Å²) < 4.78 is 0. The van der Waals surface area contributed by atoms with Crippen LogP contribution in [0.2, 0.25) is 0 Å². The molecule has 1 aliphatic rings. The Balaban J connectivity index is 1.67. The van der Waals surface area contributed by atoms with Crippen LogP contribution in [0.4, 0.5) is 5.82 Å². The van der Waals surface area contributed by atoms with Crippen molar-refractivity contribution in [2.45, 2.75) is 32.6 Å². The minimum Gasteiger partial charge on any atom is -0.359 e. The molecule has 0 unspecified atom stereocenters. The molecule has 0 saturated carbocycles. The van der Waals surface area contributed by atoms with Gasteiger partial charge in [-0.3, -0.25) is 4.98 Å². The van der Waals surface area contributed by atoms with Crippen molar-refractivity contribution in [3.05, 3.63) is 46.4 Å². The van der Waals surface area contributed by atoms with E-state index >= 15 is 0 Å². The van der Waals surface area contributed by atoms with Gasteiger partial charge in [-0.1, -0.05) is 6.07 Å². The third-order valence-electron chi connectivity index (χ3n) is 4.45. The maximum absolute atomic E-state index is 4.76. The van der Waals surface area contributed by atoms with Gasteiger partial charge in [0.2, 0.25) is 0 Å². The molecule has 3 heterocycles. The Morgan fingerprint density at radius 3 is 2.96 bits per heavy atom. The molecule has 0 fully saturated rings. The molecular formula is C18H20N4S. The molecule has 0 radical (unpaired) electrons. The molecular weight excluding hydrogens is 304 g/mol. The number of nitrogens with zero attached hydrogens (tertiary/aromatic N) is 4. The average molecular weight is 324 g/mol. The number of pyridine rings is 1. The van der Waals surface area contributed by atoms with Crippen LogP contribution in [0.3, 0.4) is 0 Å². The van der Waals surface area contributed by atoms with Gasteiger partial charge in [0.25, 0.3) is 0 Å². The van der Waals surface area contributed by atoms with Crippen LogP contribution < -0.4 is 4.90 Å². The summed E-state index contributed by atoms with van der Waals surface area (Å²) in [4.78, 5) is 18.8. The van der Waals surface area contributed by atoms with Gasteiger partial charge in [-0.2, -0.15) is 0 Å². The van der Waals surface area contributed by atoms with E-state index < -0.39 is 0 Å². The maximum Gasteiger partial charge on any atom is 0.141 e. The van der Waals surface area contributed by atoms with E-state index in [1.165, 1.54) is 35.1 Å². The van der Waals surface area contributed by atoms with E-state index in [1.807, 2.05) is 36.6 Å². The van der Waals surface area contributed by atoms with Crippen LogP contribution in [-0.2, 0) is 19.3 Å². The van der Waals surface area contributed by atoms with Gasteiger partial charge in [0, 0.05) is 36.8 Å². The molecule has 0 amide bonds. The average Bonchev–Trinajstić information content (AvgIpc) is 3.13. The SMILES string of the molecule is Cc1nc(N(C)CCc2ccccn2)c2c3c(sc2n1)CCC3. The van der Waals surface area contributed by atoms with Crippen LogP contribution >= 0.6 is 11.3 Å². The summed E-state index contributed by atoms with van der Waals surface area (Å²) in [7, 11) is 2.13. The van der Waals surface area contributed by atoms with Crippen LogP contribution in [-0.4, -0.2) is 28.5 Å². The van der Waals surface area contributed by atoms with Crippen molar-refractivity contribution in [1.29, 1.82) is 0 Å². The monoisotopic (exact) mass is 324 g/mol. The molecule has 3 aromatic rings. The first-order chi connectivity index (χ1) is 11.2. The van der Waals surface area contributed by atoms with E-state index in [-0.39, 0.29) is 0 Å². The van der Waals surface area contributed by atoms with E-state index in [9.17, 15) is 0 Å². The Hall–Kier alpha value is -2.01. The van der Waals surface area contributed by atoms with Crippen molar-refractivity contribution in [3.63, 3.8) is 0 Å². The second kappa shape index (κ2) is 5.89. The van der Waals surface area contributed by atoms with Crippen molar-refractivity contribution in [3.8, 4) is 0 Å². The van der Waals surface area contributed by atoms with Gasteiger partial charge in [-0.25, -0.2) is 9.97 Å². The van der Waals surface area contributed by atoms with Gasteiger partial charge in [-0.15, -0.1) is 11.3 Å². The number of likely N-dealkylation sites (N-methyl/N-ethyl adjacent to an activating group) is 1. The minimum atomic E-state index is 0.858. The summed E-state index contributed by atoms with van der Waals surface area (Å²) >= 11 is 1.86. The highest BCUT2D eigenvalue weighted by molar-refractivity contribution is 7.19. The molecule has 0 spiro atoms. The molecule has 0 bridgehead atoms. The van der Waals surface area contributed by atoms with Gasteiger partial charge in [0.05, 0.1) is 5.39 Å². The first kappa shape index (κ1) is 14.6. The molecule has 4 nitrogen and oxygen atoms in total. The van der Waals surface area contributed by atoms with Crippen molar-refractivity contribution in [2.24, 2.45) is 0 Å². The number of fused-ring (bicyclic) bond motifs is 3. The topological polar surface area (TPSA) is 41.9 Å². The summed E-state index contributed by atoms with van der Waals surface area (Å²) in [5, 5.41) is 1.29. The summed E-state index contributed by atoms with van der Waals surface area (Å²) in [6.07, 6.45) is 6.42. The molecule has 3 aromatic heterocycles. The second-order valence-electron chi connectivity index (χ2n) is 6.12. The summed E-state index contributed by atoms with van der Waals surface area (Å²) in [5.74, 6) is 1.94. The van der Waals surface area contributed by atoms with Crippen molar-refractivity contribution < 1.29 is 0 Å². The number of anilines is 1. The molecule has 1 aliphatic carbocycles. The molecule has 0 N–H and O–H groups in total. The lowest BCUT2D eigenvalue weighted by molar-refractivity contribution is 0.836. The number of aromatic nitrogens is 3. The maximum atomic E-state index is 4.76. The van der Waals surface area contributed by atoms with E-state index in [0.717, 1.165) is 35.1 Å². The summed E-state index contributed by atoms with van der Waals surface area (Å²) in [6, 6.07) is 6.08. The highest BCUT2D eigenvalue weighted by Gasteiger charge is 2.23. The fourth-order valence-electron chi connectivity index (χ4n) is 3.29. The molecule has 0 aromatic carbocycles. The van der Waals surface area contributed by atoms with E-state index in [0.29, 0.717) is 0 Å². The number of hydrogen-bond acceptors (Lipinski definition) is 5.